The minimum Gasteiger partial charge on any atom is -0.330 e. The van der Waals surface area contributed by atoms with Gasteiger partial charge >= 0.3 is 0 Å². The fraction of sp³-hybridized carbons (Fsp3) is 0.857. The second-order valence-electron chi connectivity index (χ2n) is 2.70. The largest absolute Gasteiger partial charge is 0.330 e. The zero-order valence-corrected chi connectivity index (χ0v) is 7.90. The van der Waals surface area contributed by atoms with Crippen molar-refractivity contribution in [2.24, 2.45) is 5.73 Å². The topological polar surface area (TPSA) is 58.4 Å². The van der Waals surface area contributed by atoms with Crippen LogP contribution in [0.3, 0.4) is 0 Å². The van der Waals surface area contributed by atoms with Crippen LogP contribution in [0.2, 0.25) is 0 Å². The maximum Gasteiger partial charge on any atom is 0.236 e. The van der Waals surface area contributed by atoms with Crippen LogP contribution in [0.15, 0.2) is 0 Å². The number of carbonyl (C=O) groups is 1. The summed E-state index contributed by atoms with van der Waals surface area (Å²) >= 11 is 0. The van der Waals surface area contributed by atoms with Gasteiger partial charge in [0.25, 0.3) is 0 Å². The van der Waals surface area contributed by atoms with Crippen LogP contribution in [0.1, 0.15) is 19.3 Å². The molecule has 1 heterocycles. The van der Waals surface area contributed by atoms with Crippen LogP contribution in [0.4, 0.5) is 0 Å². The number of nitrogens with zero attached hydrogens (tertiary/aromatic N) is 1. The molecule has 1 aliphatic rings. The van der Waals surface area contributed by atoms with E-state index in [9.17, 15) is 4.79 Å². The third-order valence-electron chi connectivity index (χ3n) is 1.76. The molecule has 0 radical (unpaired) electrons. The number of nitrogens with one attached hydrogen (secondary N) is 1. The molecule has 0 atom stereocenters. The molecule has 0 unspecified atom stereocenters. The van der Waals surface area contributed by atoms with Crippen LogP contribution in [0, 0.1) is 0 Å². The number of carbonyl (C=O) groups excluding carboxylic acids is 1. The van der Waals surface area contributed by atoms with E-state index in [-0.39, 0.29) is 18.3 Å². The molecule has 0 aromatic rings. The lowest BCUT2D eigenvalue weighted by Gasteiger charge is -2.14. The van der Waals surface area contributed by atoms with Crippen LogP contribution >= 0.6 is 12.4 Å². The minimum atomic E-state index is 0. The molecule has 0 spiro atoms. The van der Waals surface area contributed by atoms with Gasteiger partial charge < -0.3 is 5.73 Å². The van der Waals surface area contributed by atoms with Crippen molar-refractivity contribution < 1.29 is 4.79 Å². The standard InChI is InChI=1S/C7H15N3O.ClH/c8-4-1-3-7(11)10-6-2-5-9-10;/h9H,1-6,8H2;1H. The van der Waals surface area contributed by atoms with Gasteiger partial charge in [-0.15, -0.1) is 12.4 Å². The zero-order chi connectivity index (χ0) is 8.10. The van der Waals surface area contributed by atoms with Crippen LogP contribution in [0.25, 0.3) is 0 Å². The number of halogens is 1. The molecule has 3 N–H and O–H groups in total. The Bertz CT molecular complexity index is 137. The van der Waals surface area contributed by atoms with Gasteiger partial charge in [0.2, 0.25) is 5.91 Å². The monoisotopic (exact) mass is 193 g/mol. The third kappa shape index (κ3) is 3.38. The summed E-state index contributed by atoms with van der Waals surface area (Å²) in [7, 11) is 0. The molecule has 0 aromatic heterocycles. The summed E-state index contributed by atoms with van der Waals surface area (Å²) in [6.45, 7) is 2.37. The van der Waals surface area contributed by atoms with E-state index in [0.717, 1.165) is 25.9 Å². The summed E-state index contributed by atoms with van der Waals surface area (Å²) in [4.78, 5) is 11.2. The predicted molar refractivity (Wildman–Crippen MR) is 49.9 cm³/mol. The second kappa shape index (κ2) is 6.22. The van der Waals surface area contributed by atoms with E-state index < -0.39 is 0 Å². The van der Waals surface area contributed by atoms with E-state index in [1.54, 1.807) is 5.01 Å². The summed E-state index contributed by atoms with van der Waals surface area (Å²) in [6.07, 6.45) is 2.43. The average Bonchev–Trinajstić information content (AvgIpc) is 2.52. The van der Waals surface area contributed by atoms with E-state index in [4.69, 9.17) is 5.73 Å². The molecule has 1 aliphatic heterocycles. The highest BCUT2D eigenvalue weighted by Gasteiger charge is 2.15. The van der Waals surface area contributed by atoms with E-state index >= 15 is 0 Å². The van der Waals surface area contributed by atoms with Gasteiger partial charge in [0.15, 0.2) is 0 Å². The maximum absolute atomic E-state index is 11.2. The highest BCUT2D eigenvalue weighted by Crippen LogP contribution is 2.00. The number of hydrogen-bond donors (Lipinski definition) is 2. The van der Waals surface area contributed by atoms with Crippen LogP contribution in [0.5, 0.6) is 0 Å². The quantitative estimate of drug-likeness (QED) is 0.658. The predicted octanol–water partition coefficient (Wildman–Crippen LogP) is -0.116. The van der Waals surface area contributed by atoms with E-state index in [1.165, 1.54) is 0 Å². The lowest BCUT2D eigenvalue weighted by atomic mass is 10.3. The SMILES string of the molecule is Cl.NCCCC(=O)N1CCCN1. The van der Waals surface area contributed by atoms with Crippen LogP contribution in [-0.4, -0.2) is 30.6 Å². The molecule has 1 fully saturated rings. The summed E-state index contributed by atoms with van der Waals surface area (Å²) < 4.78 is 0. The molecule has 1 saturated heterocycles. The fourth-order valence-corrected chi connectivity index (χ4v) is 1.13. The highest BCUT2D eigenvalue weighted by atomic mass is 35.5. The summed E-state index contributed by atoms with van der Waals surface area (Å²) in [5.41, 5.74) is 8.29. The lowest BCUT2D eigenvalue weighted by molar-refractivity contribution is -0.132. The Morgan fingerprint density at radius 3 is 2.83 bits per heavy atom. The number of nitrogens with two attached hydrogens (primary N) is 1. The Labute approximate surface area is 78.9 Å². The van der Waals surface area contributed by atoms with E-state index in [1.807, 2.05) is 0 Å². The van der Waals surface area contributed by atoms with Crippen molar-refractivity contribution in [1.82, 2.24) is 10.4 Å². The highest BCUT2D eigenvalue weighted by molar-refractivity contribution is 5.85. The van der Waals surface area contributed by atoms with E-state index in [0.29, 0.717) is 13.0 Å². The smallest absolute Gasteiger partial charge is 0.236 e. The normalized spacial score (nSPS) is 15.9. The van der Waals surface area contributed by atoms with E-state index in [2.05, 4.69) is 5.43 Å². The van der Waals surface area contributed by atoms with Crippen molar-refractivity contribution in [3.63, 3.8) is 0 Å². The summed E-state index contributed by atoms with van der Waals surface area (Å²) in [6, 6.07) is 0. The van der Waals surface area contributed by atoms with Gasteiger partial charge in [0.05, 0.1) is 0 Å². The Balaban J connectivity index is 0.00000121. The molecule has 0 saturated carbocycles. The lowest BCUT2D eigenvalue weighted by Crippen LogP contribution is -2.36. The van der Waals surface area contributed by atoms with Gasteiger partial charge in [-0.3, -0.25) is 9.80 Å². The van der Waals surface area contributed by atoms with Crippen LogP contribution in [-0.2, 0) is 4.79 Å². The first kappa shape index (κ1) is 11.7. The maximum atomic E-state index is 11.2. The molecule has 4 nitrogen and oxygen atoms in total. The van der Waals surface area contributed by atoms with Crippen molar-refractivity contribution >= 4 is 18.3 Å². The van der Waals surface area contributed by atoms with Gasteiger partial charge in [-0.25, -0.2) is 5.43 Å². The molecule has 0 aliphatic carbocycles. The Hall–Kier alpha value is -0.320. The first-order valence-electron chi connectivity index (χ1n) is 4.08. The van der Waals surface area contributed by atoms with Gasteiger partial charge in [-0.1, -0.05) is 0 Å². The second-order valence-corrected chi connectivity index (χ2v) is 2.70. The van der Waals surface area contributed by atoms with Gasteiger partial charge in [-0.2, -0.15) is 0 Å². The van der Waals surface area contributed by atoms with Crippen molar-refractivity contribution in [3.8, 4) is 0 Å². The number of hydrogen-bond acceptors (Lipinski definition) is 3. The zero-order valence-electron chi connectivity index (χ0n) is 7.08. The molecule has 1 amide bonds. The average molecular weight is 194 g/mol. The first-order valence-corrected chi connectivity index (χ1v) is 4.08. The number of rotatable bonds is 3. The molecule has 72 valence electrons. The molecule has 5 heteroatoms. The van der Waals surface area contributed by atoms with Gasteiger partial charge in [-0.05, 0) is 19.4 Å². The van der Waals surface area contributed by atoms with Crippen molar-refractivity contribution in [2.45, 2.75) is 19.3 Å². The van der Waals surface area contributed by atoms with Crippen molar-refractivity contribution in [1.29, 1.82) is 0 Å². The molecule has 1 rings (SSSR count). The fourth-order valence-electron chi connectivity index (χ4n) is 1.13. The van der Waals surface area contributed by atoms with Crippen molar-refractivity contribution in [2.75, 3.05) is 19.6 Å². The molecule has 0 bridgehead atoms. The number of hydrazine groups is 1. The van der Waals surface area contributed by atoms with Gasteiger partial charge in [0, 0.05) is 19.5 Å². The Morgan fingerprint density at radius 2 is 2.33 bits per heavy atom. The van der Waals surface area contributed by atoms with Gasteiger partial charge in [0.1, 0.15) is 0 Å². The third-order valence-corrected chi connectivity index (χ3v) is 1.76. The summed E-state index contributed by atoms with van der Waals surface area (Å²) in [5.74, 6) is 0.174. The molecular formula is C7H16ClN3O. The van der Waals surface area contributed by atoms with Crippen LogP contribution < -0.4 is 11.2 Å². The summed E-state index contributed by atoms with van der Waals surface area (Å²) in [5, 5.41) is 1.69. The Kier molecular flexibility index (Phi) is 6.06. The number of amides is 1. The first-order chi connectivity index (χ1) is 5.34. The molecule has 12 heavy (non-hydrogen) atoms. The molecule has 0 aromatic carbocycles. The Morgan fingerprint density at radius 1 is 1.58 bits per heavy atom. The minimum absolute atomic E-state index is 0. The van der Waals surface area contributed by atoms with Crippen molar-refractivity contribution in [3.05, 3.63) is 0 Å². The molecular weight excluding hydrogens is 178 g/mol.